The maximum absolute atomic E-state index is 6.31. The average Bonchev–Trinajstić information content (AvgIpc) is 2.94. The fourth-order valence-electron chi connectivity index (χ4n) is 3.78. The third-order valence-corrected chi connectivity index (χ3v) is 5.20. The van der Waals surface area contributed by atoms with Crippen LogP contribution < -0.4 is 10.1 Å². The van der Waals surface area contributed by atoms with Gasteiger partial charge in [-0.3, -0.25) is 0 Å². The number of rotatable bonds is 2. The molecule has 5 rings (SSSR count). The fraction of sp³-hybridized carbons (Fsp3) is 0.389. The van der Waals surface area contributed by atoms with E-state index >= 15 is 0 Å². The van der Waals surface area contributed by atoms with E-state index in [4.69, 9.17) is 4.74 Å². The first-order chi connectivity index (χ1) is 11.7. The number of fused-ring (bicyclic) bond motifs is 2. The smallest absolute Gasteiger partial charge is 0.178 e. The number of ether oxygens (including phenoxy) is 1. The van der Waals surface area contributed by atoms with Crippen molar-refractivity contribution in [3.8, 4) is 5.75 Å². The molecular weight excluding hydrogens is 302 g/mol. The normalized spacial score (nSPS) is 21.1. The summed E-state index contributed by atoms with van der Waals surface area (Å²) < 4.78 is 8.09. The summed E-state index contributed by atoms with van der Waals surface area (Å²) in [5.74, 6) is 2.63. The molecule has 1 atom stereocenters. The molecule has 1 saturated carbocycles. The molecule has 3 aromatic rings. The molecule has 6 heteroatoms. The second kappa shape index (κ2) is 4.93. The van der Waals surface area contributed by atoms with Gasteiger partial charge in [0, 0.05) is 12.0 Å². The Morgan fingerprint density at radius 2 is 2.04 bits per heavy atom. The van der Waals surface area contributed by atoms with Gasteiger partial charge in [-0.2, -0.15) is 4.52 Å². The summed E-state index contributed by atoms with van der Waals surface area (Å²) in [5, 5.41) is 16.4. The number of hydrogen-bond donors (Lipinski definition) is 1. The Kier molecular flexibility index (Phi) is 2.83. The highest BCUT2D eigenvalue weighted by Gasteiger charge is 2.45. The van der Waals surface area contributed by atoms with Crippen molar-refractivity contribution < 1.29 is 4.74 Å². The third kappa shape index (κ3) is 2.06. The second-order valence-electron chi connectivity index (χ2n) is 6.81. The molecule has 0 unspecified atom stereocenters. The van der Waals surface area contributed by atoms with Gasteiger partial charge in [0.05, 0.1) is 6.04 Å². The van der Waals surface area contributed by atoms with Crippen LogP contribution in [0.15, 0.2) is 36.4 Å². The number of anilines is 1. The lowest BCUT2D eigenvalue weighted by atomic mass is 9.73. The highest BCUT2D eigenvalue weighted by Crippen LogP contribution is 2.49. The summed E-state index contributed by atoms with van der Waals surface area (Å²) in [5.41, 5.74) is 1.97. The summed E-state index contributed by atoms with van der Waals surface area (Å²) in [4.78, 5) is 0. The predicted molar refractivity (Wildman–Crippen MR) is 90.2 cm³/mol. The second-order valence-corrected chi connectivity index (χ2v) is 6.81. The van der Waals surface area contributed by atoms with Crippen molar-refractivity contribution in [2.45, 2.75) is 44.2 Å². The van der Waals surface area contributed by atoms with Crippen molar-refractivity contribution in [3.05, 3.63) is 47.8 Å². The van der Waals surface area contributed by atoms with Gasteiger partial charge >= 0.3 is 0 Å². The van der Waals surface area contributed by atoms with Crippen molar-refractivity contribution >= 4 is 11.5 Å². The Bertz CT molecular complexity index is 915. The van der Waals surface area contributed by atoms with E-state index in [9.17, 15) is 0 Å². The van der Waals surface area contributed by atoms with E-state index in [0.717, 1.165) is 42.3 Å². The van der Waals surface area contributed by atoms with Gasteiger partial charge in [-0.1, -0.05) is 18.2 Å². The SMILES string of the molecule is Cc1nnc2ccc(N[C@H]3CC4(CCC4)Oc4ccccc43)nn12. The Balaban J connectivity index is 1.51. The van der Waals surface area contributed by atoms with Crippen LogP contribution >= 0.6 is 0 Å². The van der Waals surface area contributed by atoms with E-state index in [1.807, 2.05) is 25.1 Å². The molecule has 1 spiro atoms. The number of hydrogen-bond acceptors (Lipinski definition) is 5. The van der Waals surface area contributed by atoms with Crippen LogP contribution in [0.1, 0.15) is 43.1 Å². The van der Waals surface area contributed by atoms with Crippen molar-refractivity contribution in [3.63, 3.8) is 0 Å². The molecule has 0 saturated heterocycles. The van der Waals surface area contributed by atoms with Crippen LogP contribution in [-0.4, -0.2) is 25.4 Å². The first-order valence-electron chi connectivity index (χ1n) is 8.46. The molecule has 1 aromatic carbocycles. The van der Waals surface area contributed by atoms with Crippen molar-refractivity contribution in [1.82, 2.24) is 19.8 Å². The molecule has 0 bridgehead atoms. The van der Waals surface area contributed by atoms with Gasteiger partial charge < -0.3 is 10.1 Å². The Morgan fingerprint density at radius 3 is 2.88 bits per heavy atom. The lowest BCUT2D eigenvalue weighted by molar-refractivity contribution is -0.0309. The molecule has 1 aliphatic carbocycles. The predicted octanol–water partition coefficient (Wildman–Crippen LogP) is 3.29. The number of nitrogens with one attached hydrogen (secondary N) is 1. The zero-order chi connectivity index (χ0) is 16.1. The molecule has 3 heterocycles. The Hall–Kier alpha value is -2.63. The number of aromatic nitrogens is 4. The Labute approximate surface area is 139 Å². The zero-order valence-corrected chi connectivity index (χ0v) is 13.6. The van der Waals surface area contributed by atoms with Crippen LogP contribution in [-0.2, 0) is 0 Å². The maximum atomic E-state index is 6.31. The minimum Gasteiger partial charge on any atom is -0.487 e. The molecular formula is C18H19N5O. The van der Waals surface area contributed by atoms with Crippen LogP contribution in [0.3, 0.4) is 0 Å². The molecule has 0 radical (unpaired) electrons. The summed E-state index contributed by atoms with van der Waals surface area (Å²) in [7, 11) is 0. The van der Waals surface area contributed by atoms with E-state index in [0.29, 0.717) is 0 Å². The van der Waals surface area contributed by atoms with E-state index in [1.54, 1.807) is 4.52 Å². The topological polar surface area (TPSA) is 64.3 Å². The first kappa shape index (κ1) is 13.8. The summed E-state index contributed by atoms with van der Waals surface area (Å²) in [6.07, 6.45) is 4.50. The van der Waals surface area contributed by atoms with Gasteiger partial charge in [0.25, 0.3) is 0 Å². The highest BCUT2D eigenvalue weighted by atomic mass is 16.5. The summed E-state index contributed by atoms with van der Waals surface area (Å²) in [6.45, 7) is 1.91. The number of benzene rings is 1. The zero-order valence-electron chi connectivity index (χ0n) is 13.6. The van der Waals surface area contributed by atoms with E-state index in [1.165, 1.54) is 12.0 Å². The van der Waals surface area contributed by atoms with Crippen molar-refractivity contribution in [2.24, 2.45) is 0 Å². The molecule has 6 nitrogen and oxygen atoms in total. The van der Waals surface area contributed by atoms with Crippen LogP contribution in [0.25, 0.3) is 5.65 Å². The standard InChI is InChI=1S/C18H19N5O/c1-12-20-21-17-8-7-16(22-23(12)17)19-14-11-18(9-4-10-18)24-15-6-3-2-5-13(14)15/h2-3,5-8,14H,4,9-11H2,1H3,(H,19,22)/t14-/m0/s1. The molecule has 0 amide bonds. The highest BCUT2D eigenvalue weighted by molar-refractivity contribution is 5.48. The fourth-order valence-corrected chi connectivity index (χ4v) is 3.78. The maximum Gasteiger partial charge on any atom is 0.178 e. The minimum atomic E-state index is 0.00258. The minimum absolute atomic E-state index is 0.00258. The van der Waals surface area contributed by atoms with Crippen LogP contribution in [0.2, 0.25) is 0 Å². The lowest BCUT2D eigenvalue weighted by Crippen LogP contribution is -2.48. The van der Waals surface area contributed by atoms with Crippen LogP contribution in [0, 0.1) is 6.92 Å². The van der Waals surface area contributed by atoms with Gasteiger partial charge in [0.2, 0.25) is 0 Å². The number of aryl methyl sites for hydroxylation is 1. The molecule has 1 fully saturated rings. The molecule has 2 aliphatic rings. The van der Waals surface area contributed by atoms with Crippen LogP contribution in [0.4, 0.5) is 5.82 Å². The monoisotopic (exact) mass is 321 g/mol. The largest absolute Gasteiger partial charge is 0.487 e. The van der Waals surface area contributed by atoms with Gasteiger partial charge in [-0.25, -0.2) is 0 Å². The van der Waals surface area contributed by atoms with Crippen LogP contribution in [0.5, 0.6) is 5.75 Å². The summed E-state index contributed by atoms with van der Waals surface area (Å²) in [6, 6.07) is 12.4. The summed E-state index contributed by atoms with van der Waals surface area (Å²) >= 11 is 0. The third-order valence-electron chi connectivity index (χ3n) is 5.20. The van der Waals surface area contributed by atoms with E-state index in [2.05, 4.69) is 38.8 Å². The Morgan fingerprint density at radius 1 is 1.17 bits per heavy atom. The first-order valence-corrected chi connectivity index (χ1v) is 8.46. The average molecular weight is 321 g/mol. The van der Waals surface area contributed by atoms with Gasteiger partial charge in [-0.05, 0) is 44.4 Å². The molecule has 122 valence electrons. The van der Waals surface area contributed by atoms with Gasteiger partial charge in [0.15, 0.2) is 11.5 Å². The molecule has 1 aliphatic heterocycles. The van der Waals surface area contributed by atoms with Crippen molar-refractivity contribution in [2.75, 3.05) is 5.32 Å². The van der Waals surface area contributed by atoms with E-state index < -0.39 is 0 Å². The number of para-hydroxylation sites is 1. The van der Waals surface area contributed by atoms with Gasteiger partial charge in [-0.15, -0.1) is 15.3 Å². The van der Waals surface area contributed by atoms with E-state index in [-0.39, 0.29) is 11.6 Å². The lowest BCUT2D eigenvalue weighted by Gasteiger charge is -2.48. The molecule has 24 heavy (non-hydrogen) atoms. The quantitative estimate of drug-likeness (QED) is 0.784. The number of nitrogens with zero attached hydrogens (tertiary/aromatic N) is 4. The molecule has 2 aromatic heterocycles. The van der Waals surface area contributed by atoms with Gasteiger partial charge in [0.1, 0.15) is 17.2 Å². The molecule has 1 N–H and O–H groups in total. The van der Waals surface area contributed by atoms with Crippen molar-refractivity contribution in [1.29, 1.82) is 0 Å².